The van der Waals surface area contributed by atoms with Crippen LogP contribution in [0.5, 0.6) is 5.75 Å². The maximum absolute atomic E-state index is 6.93. The van der Waals surface area contributed by atoms with E-state index in [9.17, 15) is 0 Å². The van der Waals surface area contributed by atoms with Crippen LogP contribution in [0.4, 0.5) is 0 Å². The van der Waals surface area contributed by atoms with Crippen LogP contribution in [-0.4, -0.2) is 0 Å². The highest BCUT2D eigenvalue weighted by Crippen LogP contribution is 2.53. The molecule has 0 fully saturated rings. The molecule has 4 aromatic carbocycles. The third-order valence-electron chi connectivity index (χ3n) is 5.46. The fourth-order valence-corrected chi connectivity index (χ4v) is 5.37. The number of rotatable bonds is 0. The molecule has 2 heterocycles. The zero-order chi connectivity index (χ0) is 17.8. The SMILES string of the molecule is C1=CC2(Oc3c1ccc1ccccc31)c1ccccc1Sc1ccccc12. The van der Waals surface area contributed by atoms with Crippen LogP contribution in [0.25, 0.3) is 16.8 Å². The molecule has 0 saturated heterocycles. The monoisotopic (exact) mass is 364 g/mol. The first kappa shape index (κ1) is 15.1. The summed E-state index contributed by atoms with van der Waals surface area (Å²) in [5, 5.41) is 2.36. The van der Waals surface area contributed by atoms with Crippen LogP contribution in [0.15, 0.2) is 101 Å². The summed E-state index contributed by atoms with van der Waals surface area (Å²) in [5.74, 6) is 0.965. The van der Waals surface area contributed by atoms with Crippen LogP contribution in [-0.2, 0) is 5.60 Å². The summed E-state index contributed by atoms with van der Waals surface area (Å²) in [6.45, 7) is 0. The molecule has 0 atom stereocenters. The topological polar surface area (TPSA) is 9.23 Å². The number of ether oxygens (including phenoxy) is 1. The molecule has 2 aliphatic heterocycles. The zero-order valence-corrected chi connectivity index (χ0v) is 15.4. The van der Waals surface area contributed by atoms with Gasteiger partial charge in [0, 0.05) is 31.9 Å². The zero-order valence-electron chi connectivity index (χ0n) is 14.6. The maximum atomic E-state index is 6.93. The molecule has 2 aliphatic rings. The minimum absolute atomic E-state index is 0.588. The standard InChI is InChI=1S/C25H16OS/c1-2-8-19-17(7-1)13-14-18-15-16-25(26-24(18)19)20-9-3-5-11-22(20)27-23-12-6-4-10-21(23)25/h1-16H. The Labute approximate surface area is 162 Å². The van der Waals surface area contributed by atoms with Gasteiger partial charge in [0.2, 0.25) is 0 Å². The molecule has 0 aromatic heterocycles. The van der Waals surface area contributed by atoms with Crippen molar-refractivity contribution in [3.8, 4) is 5.75 Å². The second-order valence-electron chi connectivity index (χ2n) is 6.97. The van der Waals surface area contributed by atoms with Gasteiger partial charge in [-0.2, -0.15) is 0 Å². The van der Waals surface area contributed by atoms with E-state index in [4.69, 9.17) is 4.74 Å². The summed E-state index contributed by atoms with van der Waals surface area (Å²) in [6, 6.07) is 29.9. The van der Waals surface area contributed by atoms with Gasteiger partial charge in [0.05, 0.1) is 0 Å². The van der Waals surface area contributed by atoms with Crippen LogP contribution in [0, 0.1) is 0 Å². The van der Waals surface area contributed by atoms with Crippen LogP contribution >= 0.6 is 11.8 Å². The van der Waals surface area contributed by atoms with Crippen molar-refractivity contribution in [3.05, 3.63) is 108 Å². The lowest BCUT2D eigenvalue weighted by Gasteiger charge is -2.41. The van der Waals surface area contributed by atoms with Crippen molar-refractivity contribution in [2.75, 3.05) is 0 Å². The molecular weight excluding hydrogens is 348 g/mol. The molecule has 6 rings (SSSR count). The molecule has 1 nitrogen and oxygen atoms in total. The van der Waals surface area contributed by atoms with Crippen molar-refractivity contribution in [1.29, 1.82) is 0 Å². The van der Waals surface area contributed by atoms with E-state index in [2.05, 4.69) is 97.1 Å². The highest BCUT2D eigenvalue weighted by atomic mass is 32.2. The molecular formula is C25H16OS. The highest BCUT2D eigenvalue weighted by molar-refractivity contribution is 7.99. The predicted octanol–water partition coefficient (Wildman–Crippen LogP) is 6.65. The molecule has 0 amide bonds. The Hall–Kier alpha value is -2.97. The van der Waals surface area contributed by atoms with Gasteiger partial charge < -0.3 is 4.74 Å². The summed E-state index contributed by atoms with van der Waals surface area (Å²) in [4.78, 5) is 2.51. The largest absolute Gasteiger partial charge is 0.472 e. The van der Waals surface area contributed by atoms with Crippen molar-refractivity contribution < 1.29 is 4.74 Å². The van der Waals surface area contributed by atoms with E-state index in [0.29, 0.717) is 0 Å². The van der Waals surface area contributed by atoms with Gasteiger partial charge in [0.1, 0.15) is 5.75 Å². The van der Waals surface area contributed by atoms with Gasteiger partial charge in [-0.25, -0.2) is 0 Å². The second-order valence-corrected chi connectivity index (χ2v) is 8.05. The van der Waals surface area contributed by atoms with Crippen molar-refractivity contribution in [2.45, 2.75) is 15.4 Å². The van der Waals surface area contributed by atoms with E-state index in [1.165, 1.54) is 26.3 Å². The first-order valence-electron chi connectivity index (χ1n) is 9.12. The third kappa shape index (κ3) is 2.08. The Balaban J connectivity index is 1.67. The normalized spacial score (nSPS) is 15.7. The minimum atomic E-state index is -0.588. The minimum Gasteiger partial charge on any atom is -0.472 e. The Morgan fingerprint density at radius 3 is 2.11 bits per heavy atom. The molecule has 2 heteroatoms. The molecule has 1 spiro atoms. The fraction of sp³-hybridized carbons (Fsp3) is 0.0400. The third-order valence-corrected chi connectivity index (χ3v) is 6.62. The quantitative estimate of drug-likeness (QED) is 0.345. The molecule has 0 bridgehead atoms. The molecule has 27 heavy (non-hydrogen) atoms. The maximum Gasteiger partial charge on any atom is 0.180 e. The number of hydrogen-bond donors (Lipinski definition) is 0. The van der Waals surface area contributed by atoms with Gasteiger partial charge in [0.25, 0.3) is 0 Å². The molecule has 0 aliphatic carbocycles. The van der Waals surface area contributed by atoms with Crippen molar-refractivity contribution in [3.63, 3.8) is 0 Å². The van der Waals surface area contributed by atoms with Crippen molar-refractivity contribution >= 4 is 28.6 Å². The van der Waals surface area contributed by atoms with Gasteiger partial charge >= 0.3 is 0 Å². The van der Waals surface area contributed by atoms with Gasteiger partial charge in [0.15, 0.2) is 5.60 Å². The first-order valence-corrected chi connectivity index (χ1v) is 9.94. The van der Waals surface area contributed by atoms with E-state index >= 15 is 0 Å². The Bertz CT molecular complexity index is 1190. The van der Waals surface area contributed by atoms with Crippen LogP contribution in [0.1, 0.15) is 16.7 Å². The summed E-state index contributed by atoms with van der Waals surface area (Å²) in [6.07, 6.45) is 4.44. The van der Waals surface area contributed by atoms with E-state index in [1.807, 2.05) is 11.8 Å². The van der Waals surface area contributed by atoms with E-state index in [1.54, 1.807) is 0 Å². The first-order chi connectivity index (χ1) is 13.4. The lowest BCUT2D eigenvalue weighted by molar-refractivity contribution is 0.156. The number of hydrogen-bond acceptors (Lipinski definition) is 2. The molecule has 128 valence electrons. The Morgan fingerprint density at radius 1 is 0.667 bits per heavy atom. The molecule has 0 saturated carbocycles. The molecule has 4 aromatic rings. The lowest BCUT2D eigenvalue weighted by Crippen LogP contribution is -2.37. The van der Waals surface area contributed by atoms with E-state index < -0.39 is 5.60 Å². The number of benzene rings is 4. The smallest absolute Gasteiger partial charge is 0.180 e. The molecule has 0 radical (unpaired) electrons. The Morgan fingerprint density at radius 2 is 1.33 bits per heavy atom. The fourth-order valence-electron chi connectivity index (χ4n) is 4.19. The summed E-state index contributed by atoms with van der Waals surface area (Å²) in [5.41, 5.74) is 2.97. The Kier molecular flexibility index (Phi) is 3.09. The van der Waals surface area contributed by atoms with Crippen LogP contribution in [0.3, 0.4) is 0 Å². The summed E-state index contributed by atoms with van der Waals surface area (Å²) in [7, 11) is 0. The van der Waals surface area contributed by atoms with Crippen molar-refractivity contribution in [1.82, 2.24) is 0 Å². The predicted molar refractivity (Wildman–Crippen MR) is 111 cm³/mol. The summed E-state index contributed by atoms with van der Waals surface area (Å²) >= 11 is 1.82. The van der Waals surface area contributed by atoms with Gasteiger partial charge in [-0.3, -0.25) is 0 Å². The van der Waals surface area contributed by atoms with E-state index in [0.717, 1.165) is 16.7 Å². The molecule has 0 unspecified atom stereocenters. The number of fused-ring (bicyclic) bond motifs is 7. The highest BCUT2D eigenvalue weighted by Gasteiger charge is 2.43. The lowest BCUT2D eigenvalue weighted by atomic mass is 9.83. The summed E-state index contributed by atoms with van der Waals surface area (Å²) < 4.78 is 6.93. The van der Waals surface area contributed by atoms with E-state index in [-0.39, 0.29) is 0 Å². The van der Waals surface area contributed by atoms with Gasteiger partial charge in [-0.05, 0) is 23.6 Å². The van der Waals surface area contributed by atoms with Crippen LogP contribution < -0.4 is 4.74 Å². The second kappa shape index (κ2) is 5.51. The van der Waals surface area contributed by atoms with Gasteiger partial charge in [-0.1, -0.05) is 90.6 Å². The average Bonchev–Trinajstić information content (AvgIpc) is 2.74. The van der Waals surface area contributed by atoms with Crippen molar-refractivity contribution in [2.24, 2.45) is 0 Å². The molecule has 0 N–H and O–H groups in total. The van der Waals surface area contributed by atoms with Gasteiger partial charge in [-0.15, -0.1) is 0 Å². The van der Waals surface area contributed by atoms with Crippen LogP contribution in [0.2, 0.25) is 0 Å². The average molecular weight is 364 g/mol.